The predicted octanol–water partition coefficient (Wildman–Crippen LogP) is 4.74. The van der Waals surface area contributed by atoms with Crippen molar-refractivity contribution in [3.8, 4) is 22.1 Å². The van der Waals surface area contributed by atoms with Crippen molar-refractivity contribution < 1.29 is 13.2 Å². The molecule has 4 rings (SSSR count). The van der Waals surface area contributed by atoms with Crippen molar-refractivity contribution >= 4 is 38.6 Å². The van der Waals surface area contributed by atoms with Crippen molar-refractivity contribution in [2.24, 2.45) is 0 Å². The third kappa shape index (κ3) is 4.70. The van der Waals surface area contributed by atoms with E-state index in [0.717, 1.165) is 11.3 Å². The van der Waals surface area contributed by atoms with Crippen LogP contribution in [0.4, 0.5) is 5.69 Å². The van der Waals surface area contributed by atoms with Crippen molar-refractivity contribution in [1.82, 2.24) is 10.2 Å². The van der Waals surface area contributed by atoms with E-state index in [0.29, 0.717) is 32.8 Å². The second-order valence-corrected chi connectivity index (χ2v) is 9.54. The predicted molar refractivity (Wildman–Crippen MR) is 117 cm³/mol. The van der Waals surface area contributed by atoms with E-state index < -0.39 is 10.0 Å². The van der Waals surface area contributed by atoms with Crippen LogP contribution in [0.1, 0.15) is 0 Å². The van der Waals surface area contributed by atoms with E-state index in [1.165, 1.54) is 18.2 Å². The minimum atomic E-state index is -3.77. The fraction of sp³-hybridized carbons (Fsp3) is 0. The van der Waals surface area contributed by atoms with Gasteiger partial charge in [0.1, 0.15) is 21.4 Å². The number of thiophene rings is 1. The number of aromatic amines is 1. The van der Waals surface area contributed by atoms with Gasteiger partial charge in [0.05, 0.1) is 4.88 Å². The van der Waals surface area contributed by atoms with Crippen LogP contribution < -0.4 is 15.0 Å². The van der Waals surface area contributed by atoms with E-state index in [1.807, 2.05) is 0 Å². The van der Waals surface area contributed by atoms with Crippen LogP contribution >= 0.6 is 22.9 Å². The van der Waals surface area contributed by atoms with E-state index in [1.54, 1.807) is 54.6 Å². The molecule has 0 saturated heterocycles. The van der Waals surface area contributed by atoms with Gasteiger partial charge in [0.2, 0.25) is 0 Å². The fourth-order valence-electron chi connectivity index (χ4n) is 2.52. The number of hydrogen-bond donors (Lipinski definition) is 2. The Morgan fingerprint density at radius 3 is 2.20 bits per heavy atom. The number of sulfonamides is 1. The Balaban J connectivity index is 1.47. The summed E-state index contributed by atoms with van der Waals surface area (Å²) in [5, 5.41) is 6.85. The maximum absolute atomic E-state index is 12.7. The van der Waals surface area contributed by atoms with E-state index >= 15 is 0 Å². The quantitative estimate of drug-likeness (QED) is 0.433. The second kappa shape index (κ2) is 8.31. The zero-order valence-corrected chi connectivity index (χ0v) is 17.6. The largest absolute Gasteiger partial charge is 0.457 e. The molecular weight excluding hydrogens is 446 g/mol. The maximum Gasteiger partial charge on any atom is 0.271 e. The number of aromatic nitrogens is 2. The van der Waals surface area contributed by atoms with Gasteiger partial charge in [0.25, 0.3) is 15.6 Å². The van der Waals surface area contributed by atoms with Crippen LogP contribution in [0.3, 0.4) is 0 Å². The number of hydrogen-bond acceptors (Lipinski definition) is 6. The molecule has 0 atom stereocenters. The highest BCUT2D eigenvalue weighted by atomic mass is 35.5. The van der Waals surface area contributed by atoms with Gasteiger partial charge in [-0.15, -0.1) is 11.3 Å². The molecule has 0 spiro atoms. The highest BCUT2D eigenvalue weighted by Gasteiger charge is 2.18. The van der Waals surface area contributed by atoms with Crippen molar-refractivity contribution in [3.63, 3.8) is 0 Å². The molecule has 152 valence electrons. The Hall–Kier alpha value is -3.14. The van der Waals surface area contributed by atoms with Crippen molar-refractivity contribution in [2.45, 2.75) is 4.21 Å². The molecule has 4 aromatic rings. The number of halogens is 1. The van der Waals surface area contributed by atoms with Crippen LogP contribution in [0, 0.1) is 0 Å². The molecule has 2 heterocycles. The van der Waals surface area contributed by atoms with Gasteiger partial charge in [-0.3, -0.25) is 9.52 Å². The molecule has 2 aromatic carbocycles. The van der Waals surface area contributed by atoms with Gasteiger partial charge in [0, 0.05) is 16.8 Å². The topological polar surface area (TPSA) is 101 Å². The third-order valence-corrected chi connectivity index (χ3v) is 7.17. The Morgan fingerprint density at radius 1 is 0.900 bits per heavy atom. The molecule has 30 heavy (non-hydrogen) atoms. The van der Waals surface area contributed by atoms with Crippen LogP contribution in [0.5, 0.6) is 11.5 Å². The average molecular weight is 460 g/mol. The van der Waals surface area contributed by atoms with E-state index in [-0.39, 0.29) is 9.77 Å². The Bertz CT molecular complexity index is 1310. The first-order valence-electron chi connectivity index (χ1n) is 8.61. The molecule has 0 unspecified atom stereocenters. The molecule has 2 N–H and O–H groups in total. The maximum atomic E-state index is 12.7. The number of nitrogens with zero attached hydrogens (tertiary/aromatic N) is 1. The number of anilines is 1. The van der Waals surface area contributed by atoms with Crippen LogP contribution in [0.15, 0.2) is 81.8 Å². The SMILES string of the molecule is O=c1ccc(-c2ccc(S(=O)(=O)Nc3ccc(Oc4ccc(Cl)cc4)cc3)s2)n[nH]1. The van der Waals surface area contributed by atoms with Gasteiger partial charge in [-0.25, -0.2) is 13.5 Å². The molecule has 0 radical (unpaired) electrons. The Labute approximate surface area is 181 Å². The minimum Gasteiger partial charge on any atom is -0.457 e. The normalized spacial score (nSPS) is 11.2. The van der Waals surface area contributed by atoms with Crippen molar-refractivity contribution in [2.75, 3.05) is 4.72 Å². The second-order valence-electron chi connectivity index (χ2n) is 6.11. The standard InChI is InChI=1S/C20H14ClN3O4S2/c21-13-1-5-15(6-2-13)28-16-7-3-14(4-8-16)24-30(26,27)20-12-10-18(29-20)17-9-11-19(25)23-22-17/h1-12,24H,(H,23,25). The number of benzene rings is 2. The molecule has 0 bridgehead atoms. The van der Waals surface area contributed by atoms with E-state index in [4.69, 9.17) is 16.3 Å². The number of nitrogens with one attached hydrogen (secondary N) is 2. The molecule has 0 aliphatic rings. The summed E-state index contributed by atoms with van der Waals surface area (Å²) in [5.41, 5.74) is 0.564. The van der Waals surface area contributed by atoms with Crippen molar-refractivity contribution in [3.05, 3.63) is 88.2 Å². The molecule has 0 fully saturated rings. The fourth-order valence-corrected chi connectivity index (χ4v) is 4.98. The lowest BCUT2D eigenvalue weighted by Gasteiger charge is -2.09. The van der Waals surface area contributed by atoms with Crippen LogP contribution in [0.2, 0.25) is 5.02 Å². The summed E-state index contributed by atoms with van der Waals surface area (Å²) < 4.78 is 33.7. The molecule has 2 aromatic heterocycles. The highest BCUT2D eigenvalue weighted by Crippen LogP contribution is 2.31. The molecule has 0 aliphatic heterocycles. The van der Waals surface area contributed by atoms with Crippen LogP contribution in [0.25, 0.3) is 10.6 Å². The Morgan fingerprint density at radius 2 is 1.57 bits per heavy atom. The van der Waals surface area contributed by atoms with Gasteiger partial charge in [-0.2, -0.15) is 5.10 Å². The summed E-state index contributed by atoms with van der Waals surface area (Å²) in [5.74, 6) is 1.18. The zero-order chi connectivity index (χ0) is 21.1. The molecule has 7 nitrogen and oxygen atoms in total. The monoisotopic (exact) mass is 459 g/mol. The number of rotatable bonds is 6. The summed E-state index contributed by atoms with van der Waals surface area (Å²) in [6, 6.07) is 19.5. The summed E-state index contributed by atoms with van der Waals surface area (Å²) in [7, 11) is -3.77. The molecule has 0 aliphatic carbocycles. The molecular formula is C20H14ClN3O4S2. The third-order valence-electron chi connectivity index (χ3n) is 3.93. The lowest BCUT2D eigenvalue weighted by atomic mass is 10.3. The molecule has 0 amide bonds. The number of H-pyrrole nitrogens is 1. The summed E-state index contributed by atoms with van der Waals surface area (Å²) >= 11 is 6.91. The lowest BCUT2D eigenvalue weighted by molar-refractivity contribution is 0.483. The average Bonchev–Trinajstić information content (AvgIpc) is 3.23. The van der Waals surface area contributed by atoms with E-state index in [2.05, 4.69) is 14.9 Å². The number of ether oxygens (including phenoxy) is 1. The molecule has 0 saturated carbocycles. The summed E-state index contributed by atoms with van der Waals surface area (Å²) in [6.45, 7) is 0. The molecule has 10 heteroatoms. The van der Waals surface area contributed by atoms with Gasteiger partial charge in [-0.05, 0) is 66.7 Å². The van der Waals surface area contributed by atoms with Gasteiger partial charge in [0.15, 0.2) is 0 Å². The first kappa shape index (κ1) is 20.1. The van der Waals surface area contributed by atoms with Gasteiger partial charge >= 0.3 is 0 Å². The first-order valence-corrected chi connectivity index (χ1v) is 11.3. The lowest BCUT2D eigenvalue weighted by Crippen LogP contribution is -2.11. The van der Waals surface area contributed by atoms with Gasteiger partial charge < -0.3 is 4.74 Å². The van der Waals surface area contributed by atoms with Crippen molar-refractivity contribution in [1.29, 1.82) is 0 Å². The van der Waals surface area contributed by atoms with Crippen LogP contribution in [-0.2, 0) is 10.0 Å². The van der Waals surface area contributed by atoms with E-state index in [9.17, 15) is 13.2 Å². The Kier molecular flexibility index (Phi) is 5.58. The minimum absolute atomic E-state index is 0.131. The summed E-state index contributed by atoms with van der Waals surface area (Å²) in [6.07, 6.45) is 0. The highest BCUT2D eigenvalue weighted by molar-refractivity contribution is 7.94. The first-order chi connectivity index (χ1) is 14.4. The summed E-state index contributed by atoms with van der Waals surface area (Å²) in [4.78, 5) is 11.7. The zero-order valence-electron chi connectivity index (χ0n) is 15.2. The van der Waals surface area contributed by atoms with Gasteiger partial charge in [-0.1, -0.05) is 11.6 Å². The smallest absolute Gasteiger partial charge is 0.271 e. The van der Waals surface area contributed by atoms with Crippen LogP contribution in [-0.4, -0.2) is 18.6 Å².